The molecule has 0 unspecified atom stereocenters. The van der Waals surface area contributed by atoms with E-state index in [0.29, 0.717) is 4.77 Å². The molecule has 1 heterocycles. The number of hydrogen-bond acceptors (Lipinski definition) is 2. The number of nitrogens with zero attached hydrogens (tertiary/aromatic N) is 2. The lowest BCUT2D eigenvalue weighted by Gasteiger charge is -2.01. The van der Waals surface area contributed by atoms with Crippen LogP contribution in [0.5, 0.6) is 0 Å². The molecule has 0 aliphatic carbocycles. The standard InChI is InChI=1S/C6H11N3OS/c1-4(2)9-6(10)8(3)5(11)7-9/h4H,1-3H3,(H,7,11). The van der Waals surface area contributed by atoms with Gasteiger partial charge in [0.2, 0.25) is 0 Å². The molecule has 0 amide bonds. The highest BCUT2D eigenvalue weighted by Crippen LogP contribution is 1.95. The lowest BCUT2D eigenvalue weighted by Crippen LogP contribution is -2.24. The molecule has 1 N–H and O–H groups in total. The predicted octanol–water partition coefficient (Wildman–Crippen LogP) is 0.825. The zero-order valence-corrected chi connectivity index (χ0v) is 7.60. The van der Waals surface area contributed by atoms with Gasteiger partial charge in [-0.25, -0.2) is 9.48 Å². The van der Waals surface area contributed by atoms with Gasteiger partial charge in [0.05, 0.1) is 0 Å². The van der Waals surface area contributed by atoms with E-state index in [1.54, 1.807) is 7.05 Å². The van der Waals surface area contributed by atoms with Gasteiger partial charge in [-0.1, -0.05) is 0 Å². The van der Waals surface area contributed by atoms with E-state index in [-0.39, 0.29) is 11.7 Å². The van der Waals surface area contributed by atoms with E-state index >= 15 is 0 Å². The second kappa shape index (κ2) is 2.65. The zero-order valence-electron chi connectivity index (χ0n) is 6.79. The molecule has 0 atom stereocenters. The lowest BCUT2D eigenvalue weighted by atomic mass is 10.4. The zero-order chi connectivity index (χ0) is 8.59. The number of aromatic amines is 1. The van der Waals surface area contributed by atoms with Crippen molar-refractivity contribution in [1.29, 1.82) is 0 Å². The Balaban J connectivity index is 3.43. The Labute approximate surface area is 69.4 Å². The minimum absolute atomic E-state index is 0.0926. The molecule has 0 aromatic carbocycles. The average Bonchev–Trinajstić information content (AvgIpc) is 2.17. The van der Waals surface area contributed by atoms with Gasteiger partial charge in [0.15, 0.2) is 4.77 Å². The number of aromatic nitrogens is 3. The van der Waals surface area contributed by atoms with E-state index < -0.39 is 0 Å². The SMILES string of the molecule is CC(C)n1[nH]c(=S)n(C)c1=O. The van der Waals surface area contributed by atoms with Crippen LogP contribution in [0, 0.1) is 4.77 Å². The molecule has 0 spiro atoms. The minimum Gasteiger partial charge on any atom is -0.271 e. The highest BCUT2D eigenvalue weighted by Gasteiger charge is 2.04. The molecule has 0 fully saturated rings. The van der Waals surface area contributed by atoms with Crippen molar-refractivity contribution >= 4 is 12.2 Å². The van der Waals surface area contributed by atoms with Gasteiger partial charge in [0, 0.05) is 13.1 Å². The van der Waals surface area contributed by atoms with Crippen molar-refractivity contribution in [3.8, 4) is 0 Å². The molecule has 0 saturated heterocycles. The maximum atomic E-state index is 11.3. The van der Waals surface area contributed by atoms with E-state index in [4.69, 9.17) is 12.2 Å². The van der Waals surface area contributed by atoms with Crippen LogP contribution in [-0.2, 0) is 7.05 Å². The summed E-state index contributed by atoms with van der Waals surface area (Å²) in [6.07, 6.45) is 0. The summed E-state index contributed by atoms with van der Waals surface area (Å²) in [6.45, 7) is 3.85. The van der Waals surface area contributed by atoms with Gasteiger partial charge < -0.3 is 0 Å². The third kappa shape index (κ3) is 1.28. The molecule has 62 valence electrons. The average molecular weight is 173 g/mol. The fourth-order valence-corrected chi connectivity index (χ4v) is 1.00. The molecule has 1 rings (SSSR count). The Morgan fingerprint density at radius 2 is 2.09 bits per heavy atom. The van der Waals surface area contributed by atoms with Crippen LogP contribution in [-0.4, -0.2) is 14.3 Å². The maximum Gasteiger partial charge on any atom is 0.344 e. The first-order valence-corrected chi connectivity index (χ1v) is 3.82. The molecule has 11 heavy (non-hydrogen) atoms. The first-order valence-electron chi connectivity index (χ1n) is 3.41. The summed E-state index contributed by atoms with van der Waals surface area (Å²) in [4.78, 5) is 11.3. The summed E-state index contributed by atoms with van der Waals surface area (Å²) in [5, 5.41) is 2.79. The predicted molar refractivity (Wildman–Crippen MR) is 45.2 cm³/mol. The third-order valence-corrected chi connectivity index (χ3v) is 1.90. The van der Waals surface area contributed by atoms with Crippen molar-refractivity contribution in [1.82, 2.24) is 14.3 Å². The lowest BCUT2D eigenvalue weighted by molar-refractivity contribution is 0.508. The Bertz CT molecular complexity index is 357. The van der Waals surface area contributed by atoms with Crippen molar-refractivity contribution in [2.75, 3.05) is 0 Å². The highest BCUT2D eigenvalue weighted by atomic mass is 32.1. The molecule has 0 bridgehead atoms. The normalized spacial score (nSPS) is 10.9. The van der Waals surface area contributed by atoms with Crippen LogP contribution in [0.2, 0.25) is 0 Å². The minimum atomic E-state index is -0.0926. The van der Waals surface area contributed by atoms with Gasteiger partial charge in [0.25, 0.3) is 0 Å². The van der Waals surface area contributed by atoms with Crippen LogP contribution < -0.4 is 5.69 Å². The van der Waals surface area contributed by atoms with Crippen molar-refractivity contribution in [3.05, 3.63) is 15.3 Å². The second-order valence-corrected chi connectivity index (χ2v) is 3.11. The summed E-state index contributed by atoms with van der Waals surface area (Å²) in [7, 11) is 1.65. The van der Waals surface area contributed by atoms with Crippen LogP contribution in [0.1, 0.15) is 19.9 Å². The van der Waals surface area contributed by atoms with Gasteiger partial charge in [-0.3, -0.25) is 9.67 Å². The summed E-state index contributed by atoms with van der Waals surface area (Å²) in [6, 6.07) is 0.130. The Morgan fingerprint density at radius 1 is 1.55 bits per heavy atom. The quantitative estimate of drug-likeness (QED) is 0.639. The van der Waals surface area contributed by atoms with Crippen molar-refractivity contribution < 1.29 is 0 Å². The van der Waals surface area contributed by atoms with Gasteiger partial charge in [-0.2, -0.15) is 0 Å². The number of rotatable bonds is 1. The van der Waals surface area contributed by atoms with Crippen molar-refractivity contribution in [2.24, 2.45) is 7.05 Å². The molecule has 0 aliphatic heterocycles. The fraction of sp³-hybridized carbons (Fsp3) is 0.667. The van der Waals surface area contributed by atoms with Crippen LogP contribution in [0.3, 0.4) is 0 Å². The topological polar surface area (TPSA) is 42.7 Å². The smallest absolute Gasteiger partial charge is 0.271 e. The maximum absolute atomic E-state index is 11.3. The molecule has 1 aromatic heterocycles. The fourth-order valence-electron chi connectivity index (χ4n) is 0.824. The number of hydrogen-bond donors (Lipinski definition) is 1. The highest BCUT2D eigenvalue weighted by molar-refractivity contribution is 7.71. The van der Waals surface area contributed by atoms with Crippen LogP contribution in [0.4, 0.5) is 0 Å². The van der Waals surface area contributed by atoms with E-state index in [1.807, 2.05) is 13.8 Å². The molecular formula is C6H11N3OS. The first kappa shape index (κ1) is 8.26. The number of nitrogens with one attached hydrogen (secondary N) is 1. The summed E-state index contributed by atoms with van der Waals surface area (Å²) >= 11 is 4.87. The monoisotopic (exact) mass is 173 g/mol. The first-order chi connectivity index (χ1) is 5.04. The van der Waals surface area contributed by atoms with Crippen molar-refractivity contribution in [2.45, 2.75) is 19.9 Å². The van der Waals surface area contributed by atoms with E-state index in [9.17, 15) is 4.79 Å². The third-order valence-electron chi connectivity index (χ3n) is 1.53. The van der Waals surface area contributed by atoms with Gasteiger partial charge >= 0.3 is 5.69 Å². The van der Waals surface area contributed by atoms with Crippen LogP contribution in [0.25, 0.3) is 0 Å². The molecule has 4 nitrogen and oxygen atoms in total. The van der Waals surface area contributed by atoms with E-state index in [1.165, 1.54) is 9.25 Å². The van der Waals surface area contributed by atoms with Crippen LogP contribution >= 0.6 is 12.2 Å². The molecular weight excluding hydrogens is 162 g/mol. The number of H-pyrrole nitrogens is 1. The van der Waals surface area contributed by atoms with Crippen LogP contribution in [0.15, 0.2) is 4.79 Å². The molecule has 0 radical (unpaired) electrons. The Kier molecular flexibility index (Phi) is 1.99. The van der Waals surface area contributed by atoms with Crippen molar-refractivity contribution in [3.63, 3.8) is 0 Å². The Morgan fingerprint density at radius 3 is 2.27 bits per heavy atom. The molecule has 1 aromatic rings. The summed E-state index contributed by atoms with van der Waals surface area (Å²) in [5.41, 5.74) is -0.0926. The van der Waals surface area contributed by atoms with Gasteiger partial charge in [0.1, 0.15) is 0 Å². The second-order valence-electron chi connectivity index (χ2n) is 2.72. The largest absolute Gasteiger partial charge is 0.344 e. The van der Waals surface area contributed by atoms with Gasteiger partial charge in [-0.15, -0.1) is 0 Å². The van der Waals surface area contributed by atoms with E-state index in [0.717, 1.165) is 0 Å². The summed E-state index contributed by atoms with van der Waals surface area (Å²) in [5.74, 6) is 0. The summed E-state index contributed by atoms with van der Waals surface area (Å²) < 4.78 is 3.38. The molecule has 0 saturated carbocycles. The van der Waals surface area contributed by atoms with Gasteiger partial charge in [-0.05, 0) is 26.1 Å². The van der Waals surface area contributed by atoms with E-state index in [2.05, 4.69) is 5.10 Å². The molecule has 5 heteroatoms. The molecule has 0 aliphatic rings. The Hall–Kier alpha value is -0.840.